The fourth-order valence-corrected chi connectivity index (χ4v) is 9.90. The van der Waals surface area contributed by atoms with Gasteiger partial charge in [0.25, 0.3) is 0 Å². The van der Waals surface area contributed by atoms with Crippen LogP contribution in [0, 0.1) is 17.3 Å². The lowest BCUT2D eigenvalue weighted by molar-refractivity contribution is -0.148. The summed E-state index contributed by atoms with van der Waals surface area (Å²) >= 11 is 1.87. The Kier molecular flexibility index (Phi) is 23.5. The number of aromatic nitrogens is 1. The zero-order valence-corrected chi connectivity index (χ0v) is 45.5. The van der Waals surface area contributed by atoms with E-state index in [1.54, 1.807) is 25.3 Å². The Morgan fingerprint density at radius 3 is 2.01 bits per heavy atom. The number of nitrogens with zero attached hydrogens (tertiary/aromatic N) is 4. The molecule has 1 aliphatic carbocycles. The van der Waals surface area contributed by atoms with E-state index in [1.807, 2.05) is 49.9 Å². The summed E-state index contributed by atoms with van der Waals surface area (Å²) in [5, 5.41) is 35.3. The molecule has 2 unspecified atom stereocenters. The largest absolute Gasteiger partial charge is 0.508 e. The molecule has 0 bridgehead atoms. The van der Waals surface area contributed by atoms with Gasteiger partial charge in [-0.2, -0.15) is 0 Å². The van der Waals surface area contributed by atoms with Gasteiger partial charge in [-0.15, -0.1) is 6.58 Å². The maximum absolute atomic E-state index is 11.9. The van der Waals surface area contributed by atoms with E-state index in [9.17, 15) is 29.1 Å². The summed E-state index contributed by atoms with van der Waals surface area (Å²) in [7, 11) is 10.1. The van der Waals surface area contributed by atoms with Gasteiger partial charge in [-0.05, 0) is 139 Å². The molecule has 402 valence electrons. The number of carbonyl (C=O) groups excluding carboxylic acids is 4. The molecule has 1 saturated heterocycles. The number of hydrogen-bond donors (Lipinski definition) is 6. The van der Waals surface area contributed by atoms with Crippen molar-refractivity contribution in [2.24, 2.45) is 17.3 Å². The number of amides is 5. The first-order valence-electron chi connectivity index (χ1n) is 25.0. The standard InChI is InChI=1S/C17H20N2S.C16H25NO2.C11H16N2O3.C8H9NO2.C6H5NO2/c1-13(18(2)3)12-19-14-8-4-6-10-16(14)20-17-11-7-5-9-15(17)19;1-17(2)12-14-7-4-5-10-16(14,18)13-8-6-9-15(11-13)19-3;1-4-6-11(7(3)5-2)8(14)12-10(16)13-9(11)15;1-6(10)9-7-2-4-8(11)5-3-7;8-6(9)5-2-1-3-7-4-5/h4-11,13H,12H2,1-3H3;6,8-9,11,14,18H,4-5,7,10,12H2,1-3H3;4,7H,1,5-6H2,2-3H3,(H2,12,13,14,15,16);2-5,11H,1H3,(H,9,10);1-4H,(H,8,9)/t;14-,16+;;;/m.1.../s1. The minimum atomic E-state index is -1.20. The number of imide groups is 2. The molecule has 1 saturated carbocycles. The van der Waals surface area contributed by atoms with Gasteiger partial charge in [0.15, 0.2) is 0 Å². The third-order valence-corrected chi connectivity index (χ3v) is 14.5. The number of anilines is 3. The summed E-state index contributed by atoms with van der Waals surface area (Å²) in [6, 6.07) is 34.4. The number of carboxylic acids is 1. The van der Waals surface area contributed by atoms with Gasteiger partial charge in [0.1, 0.15) is 16.9 Å². The molecular formula is C58H75N7O9S. The third kappa shape index (κ3) is 17.0. The summed E-state index contributed by atoms with van der Waals surface area (Å²) in [6.45, 7) is 12.9. The fraction of sp³-hybridized carbons (Fsp3) is 0.379. The van der Waals surface area contributed by atoms with Crippen LogP contribution in [0.4, 0.5) is 21.9 Å². The SMILES string of the molecule is C=CCC1(C(C)CC)C(=O)NC(=O)NC1=O.CC(=O)Nc1ccc(O)cc1.CC(CN1c2ccccc2Sc2ccccc21)N(C)C.COc1cccc([C@@]2(O)CCCC[C@@H]2CN(C)C)c1.O=C(O)c1cccnc1. The van der Waals surface area contributed by atoms with E-state index in [0.717, 1.165) is 43.7 Å². The Morgan fingerprint density at radius 1 is 0.907 bits per heavy atom. The van der Waals surface area contributed by atoms with Crippen LogP contribution in [0.25, 0.3) is 0 Å². The molecule has 4 atom stereocenters. The molecule has 1 aromatic heterocycles. The van der Waals surface area contributed by atoms with Crippen LogP contribution in [0.2, 0.25) is 0 Å². The molecule has 3 aliphatic rings. The highest BCUT2D eigenvalue weighted by atomic mass is 32.2. The van der Waals surface area contributed by atoms with Crippen molar-refractivity contribution >= 4 is 58.5 Å². The first kappa shape index (κ1) is 60.5. The van der Waals surface area contributed by atoms with Crippen molar-refractivity contribution in [3.8, 4) is 11.5 Å². The van der Waals surface area contributed by atoms with E-state index in [4.69, 9.17) is 14.9 Å². The number of urea groups is 1. The molecule has 3 heterocycles. The van der Waals surface area contributed by atoms with Gasteiger partial charge in [-0.1, -0.05) is 87.3 Å². The molecule has 2 fully saturated rings. The normalized spacial score (nSPS) is 17.8. The lowest BCUT2D eigenvalue weighted by Gasteiger charge is -2.41. The number of likely N-dealkylation sites (N-methyl/N-ethyl adjacent to an activating group) is 1. The van der Waals surface area contributed by atoms with Crippen LogP contribution in [0.1, 0.15) is 82.1 Å². The second-order valence-corrected chi connectivity index (χ2v) is 20.2. The van der Waals surface area contributed by atoms with E-state index in [2.05, 4.69) is 126 Å². The van der Waals surface area contributed by atoms with Crippen molar-refractivity contribution in [1.29, 1.82) is 0 Å². The van der Waals surface area contributed by atoms with Gasteiger partial charge in [0, 0.05) is 59.8 Å². The second kappa shape index (κ2) is 29.1. The molecule has 8 rings (SSSR count). The highest BCUT2D eigenvalue weighted by molar-refractivity contribution is 7.99. The number of aromatic carboxylic acids is 1. The maximum atomic E-state index is 11.9. The number of pyridine rings is 1. The molecule has 0 spiro atoms. The van der Waals surface area contributed by atoms with Crippen molar-refractivity contribution in [1.82, 2.24) is 25.4 Å². The lowest BCUT2D eigenvalue weighted by atomic mass is 9.70. The van der Waals surface area contributed by atoms with E-state index in [-0.39, 0.29) is 29.6 Å². The average Bonchev–Trinajstić information content (AvgIpc) is 3.39. The van der Waals surface area contributed by atoms with Crippen molar-refractivity contribution in [3.05, 3.63) is 145 Å². The van der Waals surface area contributed by atoms with Gasteiger partial charge in [-0.25, -0.2) is 9.59 Å². The van der Waals surface area contributed by atoms with E-state index in [1.165, 1.54) is 71.2 Å². The molecule has 17 heteroatoms. The number of phenolic OH excluding ortho intramolecular Hbond substituents is 1. The van der Waals surface area contributed by atoms with Crippen LogP contribution in [-0.4, -0.2) is 114 Å². The van der Waals surface area contributed by atoms with Gasteiger partial charge < -0.3 is 40.1 Å². The van der Waals surface area contributed by atoms with Gasteiger partial charge >= 0.3 is 12.0 Å². The van der Waals surface area contributed by atoms with Gasteiger partial charge in [0.2, 0.25) is 17.7 Å². The first-order valence-corrected chi connectivity index (χ1v) is 25.8. The topological polar surface area (TPSA) is 214 Å². The molecule has 0 radical (unpaired) electrons. The number of benzene rings is 4. The summed E-state index contributed by atoms with van der Waals surface area (Å²) in [5.74, 6) is -0.967. The highest BCUT2D eigenvalue weighted by Crippen LogP contribution is 2.48. The van der Waals surface area contributed by atoms with Crippen molar-refractivity contribution in [2.75, 3.05) is 58.6 Å². The number of nitrogens with one attached hydrogen (secondary N) is 3. The highest BCUT2D eigenvalue weighted by Gasteiger charge is 2.52. The third-order valence-electron chi connectivity index (χ3n) is 13.3. The molecule has 4 aromatic carbocycles. The quantitative estimate of drug-likeness (QED) is 0.0368. The number of hydrogen-bond acceptors (Lipinski definition) is 13. The molecule has 16 nitrogen and oxygen atoms in total. The van der Waals surface area contributed by atoms with E-state index in [0.29, 0.717) is 24.1 Å². The average molecular weight is 1050 g/mol. The number of carbonyl (C=O) groups is 5. The zero-order chi connectivity index (χ0) is 55.3. The Labute approximate surface area is 446 Å². The summed E-state index contributed by atoms with van der Waals surface area (Å²) in [4.78, 5) is 68.7. The fourth-order valence-electron chi connectivity index (χ4n) is 8.80. The Bertz CT molecular complexity index is 2600. The first-order chi connectivity index (χ1) is 35.7. The van der Waals surface area contributed by atoms with Crippen molar-refractivity contribution in [2.45, 2.75) is 87.7 Å². The second-order valence-electron chi connectivity index (χ2n) is 19.1. The number of phenols is 1. The molecule has 2 aliphatic heterocycles. The summed E-state index contributed by atoms with van der Waals surface area (Å²) in [5.41, 5.74) is 2.64. The number of aliphatic hydroxyl groups is 1. The van der Waals surface area contributed by atoms with Crippen LogP contribution in [0.3, 0.4) is 0 Å². The van der Waals surface area contributed by atoms with Gasteiger partial charge in [0.05, 0.1) is 29.6 Å². The Morgan fingerprint density at radius 2 is 1.52 bits per heavy atom. The molecule has 6 N–H and O–H groups in total. The van der Waals surface area contributed by atoms with Gasteiger partial charge in [-0.3, -0.25) is 30.0 Å². The summed E-state index contributed by atoms with van der Waals surface area (Å²) < 4.78 is 5.29. The summed E-state index contributed by atoms with van der Waals surface area (Å²) in [6.07, 6.45) is 9.51. The minimum Gasteiger partial charge on any atom is -0.508 e. The number of carboxylic acid groups (broad SMARTS) is 1. The van der Waals surface area contributed by atoms with E-state index >= 15 is 0 Å². The Balaban J connectivity index is 0.000000209. The number of ether oxygens (including phenoxy) is 1. The number of methoxy groups -OCH3 is 1. The van der Waals surface area contributed by atoms with Crippen molar-refractivity contribution < 1.29 is 44.0 Å². The number of rotatable bonds is 13. The van der Waals surface area contributed by atoms with Crippen LogP contribution in [0.5, 0.6) is 11.5 Å². The van der Waals surface area contributed by atoms with E-state index < -0.39 is 34.8 Å². The monoisotopic (exact) mass is 1050 g/mol. The zero-order valence-electron chi connectivity index (χ0n) is 44.7. The van der Waals surface area contributed by atoms with Crippen molar-refractivity contribution in [3.63, 3.8) is 0 Å². The van der Waals surface area contributed by atoms with Crippen LogP contribution >= 0.6 is 11.8 Å². The lowest BCUT2D eigenvalue weighted by Crippen LogP contribution is -2.64. The molecule has 5 amide bonds. The maximum Gasteiger partial charge on any atom is 0.337 e. The minimum absolute atomic E-state index is 0.115. The van der Waals surface area contributed by atoms with Crippen LogP contribution in [-0.2, 0) is 20.0 Å². The smallest absolute Gasteiger partial charge is 0.337 e. The number of para-hydroxylation sites is 2. The van der Waals surface area contributed by atoms with Crippen LogP contribution in [0.15, 0.2) is 144 Å². The number of fused-ring (bicyclic) bond motifs is 2. The number of barbiturate groups is 1. The molecular weight excluding hydrogens is 971 g/mol. The number of aromatic hydroxyl groups is 1. The molecule has 5 aromatic rings. The predicted octanol–water partition coefficient (Wildman–Crippen LogP) is 9.97. The number of allylic oxidation sites excluding steroid dienone is 1. The molecule has 75 heavy (non-hydrogen) atoms. The Hall–Kier alpha value is -7.05. The van der Waals surface area contributed by atoms with Crippen LogP contribution < -0.4 is 25.6 Å². The predicted molar refractivity (Wildman–Crippen MR) is 297 cm³/mol.